The van der Waals surface area contributed by atoms with Gasteiger partial charge >= 0.3 is 0 Å². The van der Waals surface area contributed by atoms with Gasteiger partial charge < -0.3 is 4.57 Å². The van der Waals surface area contributed by atoms with E-state index in [1.165, 1.54) is 0 Å². The lowest BCUT2D eigenvalue weighted by Gasteiger charge is -1.98. The minimum atomic E-state index is -1.95. The summed E-state index contributed by atoms with van der Waals surface area (Å²) in [4.78, 5) is 0. The van der Waals surface area contributed by atoms with Gasteiger partial charge in [-0.25, -0.2) is 0 Å². The molecule has 0 spiro atoms. The molecule has 0 aliphatic carbocycles. The molecule has 1 nitrogen and oxygen atoms in total. The van der Waals surface area contributed by atoms with Crippen molar-refractivity contribution in [1.29, 1.82) is 0 Å². The van der Waals surface area contributed by atoms with Crippen LogP contribution in [0.25, 0.3) is 0 Å². The molecule has 1 aliphatic rings. The molecule has 0 radical (unpaired) electrons. The molecule has 2 heteroatoms. The molecule has 0 aromatic rings. The molecule has 1 rings (SSSR count). The first-order valence-electron chi connectivity index (χ1n) is 3.13. The topological polar surface area (TPSA) is 17.1 Å². The molecule has 0 saturated heterocycles. The van der Waals surface area contributed by atoms with E-state index in [-0.39, 0.29) is 0 Å². The second kappa shape index (κ2) is 2.15. The van der Waals surface area contributed by atoms with E-state index in [2.05, 4.69) is 0 Å². The molecule has 0 aromatic carbocycles. The standard InChI is InChI=1S/C7H11OP/c1-3-9(8)5-4-7(2)6-9/h4-6H,3H2,1-2H3. The van der Waals surface area contributed by atoms with Crippen molar-refractivity contribution >= 4 is 7.14 Å². The minimum Gasteiger partial charge on any atom is -0.315 e. The van der Waals surface area contributed by atoms with Gasteiger partial charge in [-0.2, -0.15) is 0 Å². The highest BCUT2D eigenvalue weighted by molar-refractivity contribution is 7.70. The molecule has 0 amide bonds. The van der Waals surface area contributed by atoms with Gasteiger partial charge in [0.25, 0.3) is 0 Å². The monoisotopic (exact) mass is 142 g/mol. The lowest BCUT2D eigenvalue weighted by atomic mass is 10.4. The summed E-state index contributed by atoms with van der Waals surface area (Å²) in [6.45, 7) is 3.94. The molecular weight excluding hydrogens is 131 g/mol. The summed E-state index contributed by atoms with van der Waals surface area (Å²) in [7, 11) is -1.95. The maximum absolute atomic E-state index is 11.4. The van der Waals surface area contributed by atoms with Crippen LogP contribution in [-0.4, -0.2) is 6.16 Å². The van der Waals surface area contributed by atoms with E-state index < -0.39 is 7.14 Å². The summed E-state index contributed by atoms with van der Waals surface area (Å²) in [5, 5.41) is 0. The summed E-state index contributed by atoms with van der Waals surface area (Å²) in [6.07, 6.45) is 2.70. The summed E-state index contributed by atoms with van der Waals surface area (Å²) >= 11 is 0. The molecule has 50 valence electrons. The minimum absolute atomic E-state index is 0.765. The Morgan fingerprint density at radius 3 is 2.56 bits per heavy atom. The third kappa shape index (κ3) is 1.34. The first-order valence-corrected chi connectivity index (χ1v) is 5.16. The molecule has 1 atom stereocenters. The SMILES string of the molecule is CCP1(=O)C=CC(C)=C1. The Labute approximate surface area is 55.8 Å². The van der Waals surface area contributed by atoms with Gasteiger partial charge in [0.05, 0.1) is 0 Å². The fourth-order valence-corrected chi connectivity index (χ4v) is 2.61. The van der Waals surface area contributed by atoms with Crippen LogP contribution < -0.4 is 0 Å². The van der Waals surface area contributed by atoms with E-state index in [9.17, 15) is 4.57 Å². The van der Waals surface area contributed by atoms with Crippen molar-refractivity contribution in [2.24, 2.45) is 0 Å². The average molecular weight is 142 g/mol. The second-order valence-electron chi connectivity index (χ2n) is 2.36. The molecule has 9 heavy (non-hydrogen) atoms. The number of hydrogen-bond donors (Lipinski definition) is 0. The number of rotatable bonds is 1. The highest BCUT2D eigenvalue weighted by Crippen LogP contribution is 2.53. The van der Waals surface area contributed by atoms with Gasteiger partial charge in [-0.05, 0) is 24.1 Å². The predicted octanol–water partition coefficient (Wildman–Crippen LogP) is 2.80. The van der Waals surface area contributed by atoms with Crippen LogP contribution in [0.15, 0.2) is 23.3 Å². The van der Waals surface area contributed by atoms with Crippen LogP contribution in [-0.2, 0) is 4.57 Å². The van der Waals surface area contributed by atoms with Gasteiger partial charge in [0.15, 0.2) is 0 Å². The van der Waals surface area contributed by atoms with Crippen molar-refractivity contribution in [3.8, 4) is 0 Å². The van der Waals surface area contributed by atoms with Gasteiger partial charge in [-0.15, -0.1) is 0 Å². The lowest BCUT2D eigenvalue weighted by Crippen LogP contribution is -1.70. The van der Waals surface area contributed by atoms with Crippen molar-refractivity contribution in [3.05, 3.63) is 23.3 Å². The van der Waals surface area contributed by atoms with E-state index in [1.807, 2.05) is 31.6 Å². The van der Waals surface area contributed by atoms with Crippen LogP contribution in [0.4, 0.5) is 0 Å². The van der Waals surface area contributed by atoms with E-state index >= 15 is 0 Å². The zero-order valence-corrected chi connectivity index (χ0v) is 6.69. The van der Waals surface area contributed by atoms with Crippen LogP contribution >= 0.6 is 7.14 Å². The van der Waals surface area contributed by atoms with Crippen LogP contribution in [0.5, 0.6) is 0 Å². The van der Waals surface area contributed by atoms with Crippen LogP contribution in [0.3, 0.4) is 0 Å². The lowest BCUT2D eigenvalue weighted by molar-refractivity contribution is 0.587. The second-order valence-corrected chi connectivity index (χ2v) is 5.26. The molecular formula is C7H11OP. The highest BCUT2D eigenvalue weighted by atomic mass is 31.2. The van der Waals surface area contributed by atoms with Crippen LogP contribution in [0.2, 0.25) is 0 Å². The number of allylic oxidation sites excluding steroid dienone is 2. The molecule has 1 aliphatic heterocycles. The zero-order valence-electron chi connectivity index (χ0n) is 5.79. The van der Waals surface area contributed by atoms with E-state index in [0.29, 0.717) is 0 Å². The molecule has 0 N–H and O–H groups in total. The molecule has 1 unspecified atom stereocenters. The maximum Gasteiger partial charge on any atom is 0.129 e. The first-order chi connectivity index (χ1) is 4.16. The quantitative estimate of drug-likeness (QED) is 0.514. The third-order valence-corrected chi connectivity index (χ3v) is 3.99. The van der Waals surface area contributed by atoms with E-state index in [4.69, 9.17) is 0 Å². The largest absolute Gasteiger partial charge is 0.315 e. The molecule has 0 saturated carbocycles. The molecule has 0 fully saturated rings. The smallest absolute Gasteiger partial charge is 0.129 e. The van der Waals surface area contributed by atoms with Crippen molar-refractivity contribution < 1.29 is 4.57 Å². The molecule has 0 aromatic heterocycles. The van der Waals surface area contributed by atoms with Crippen LogP contribution in [0, 0.1) is 0 Å². The van der Waals surface area contributed by atoms with E-state index in [0.717, 1.165) is 11.7 Å². The fourth-order valence-electron chi connectivity index (χ4n) is 0.871. The van der Waals surface area contributed by atoms with Gasteiger partial charge in [-0.3, -0.25) is 0 Å². The summed E-state index contributed by atoms with van der Waals surface area (Å²) in [5.41, 5.74) is 1.14. The summed E-state index contributed by atoms with van der Waals surface area (Å²) in [6, 6.07) is 0. The number of hydrogen-bond acceptors (Lipinski definition) is 1. The zero-order chi connectivity index (χ0) is 6.91. The predicted molar refractivity (Wildman–Crippen MR) is 41.0 cm³/mol. The Morgan fingerprint density at radius 2 is 2.33 bits per heavy atom. The highest BCUT2D eigenvalue weighted by Gasteiger charge is 2.15. The van der Waals surface area contributed by atoms with Gasteiger partial charge in [0, 0.05) is 6.16 Å². The Hall–Kier alpha value is -0.290. The van der Waals surface area contributed by atoms with Crippen LogP contribution in [0.1, 0.15) is 13.8 Å². The van der Waals surface area contributed by atoms with Crippen molar-refractivity contribution in [2.45, 2.75) is 13.8 Å². The molecule has 0 bridgehead atoms. The van der Waals surface area contributed by atoms with Crippen molar-refractivity contribution in [2.75, 3.05) is 6.16 Å². The fraction of sp³-hybridized carbons (Fsp3) is 0.429. The normalized spacial score (nSPS) is 32.9. The molecule has 1 heterocycles. The Kier molecular flexibility index (Phi) is 1.63. The van der Waals surface area contributed by atoms with Crippen molar-refractivity contribution in [1.82, 2.24) is 0 Å². The van der Waals surface area contributed by atoms with E-state index in [1.54, 1.807) is 0 Å². The average Bonchev–Trinajstić information content (AvgIpc) is 2.13. The Morgan fingerprint density at radius 1 is 1.67 bits per heavy atom. The third-order valence-electron chi connectivity index (χ3n) is 1.51. The van der Waals surface area contributed by atoms with Gasteiger partial charge in [0.2, 0.25) is 0 Å². The maximum atomic E-state index is 11.4. The Balaban J connectivity index is 2.92. The van der Waals surface area contributed by atoms with Gasteiger partial charge in [-0.1, -0.05) is 13.0 Å². The van der Waals surface area contributed by atoms with Gasteiger partial charge in [0.1, 0.15) is 7.14 Å². The summed E-state index contributed by atoms with van der Waals surface area (Å²) < 4.78 is 11.4. The van der Waals surface area contributed by atoms with Crippen molar-refractivity contribution in [3.63, 3.8) is 0 Å². The first kappa shape index (κ1) is 6.82. The summed E-state index contributed by atoms with van der Waals surface area (Å²) in [5.74, 6) is 3.72. The Bertz CT molecular complexity index is 213.